The second-order valence-corrected chi connectivity index (χ2v) is 5.10. The van der Waals surface area contributed by atoms with Gasteiger partial charge in [-0.2, -0.15) is 18.3 Å². The SMILES string of the molecule is COc1ccc(C(=O)NCCn2ccc(C(F)(F)F)n2)c(OC)c1OC. The maximum Gasteiger partial charge on any atom is 0.435 e. The van der Waals surface area contributed by atoms with Crippen LogP contribution in [-0.4, -0.2) is 43.6 Å². The summed E-state index contributed by atoms with van der Waals surface area (Å²) in [6.07, 6.45) is -3.30. The predicted octanol–water partition coefficient (Wildman–Crippen LogP) is 2.36. The number of nitrogens with zero attached hydrogens (tertiary/aromatic N) is 2. The van der Waals surface area contributed by atoms with Crippen LogP contribution in [0.1, 0.15) is 16.1 Å². The van der Waals surface area contributed by atoms with E-state index < -0.39 is 17.8 Å². The third kappa shape index (κ3) is 4.19. The highest BCUT2D eigenvalue weighted by molar-refractivity contribution is 5.98. The molecule has 1 aromatic heterocycles. The lowest BCUT2D eigenvalue weighted by molar-refractivity contribution is -0.141. The van der Waals surface area contributed by atoms with Gasteiger partial charge in [0, 0.05) is 12.7 Å². The van der Waals surface area contributed by atoms with Crippen molar-refractivity contribution in [3.63, 3.8) is 0 Å². The van der Waals surface area contributed by atoms with Gasteiger partial charge in [-0.15, -0.1) is 0 Å². The fraction of sp³-hybridized carbons (Fsp3) is 0.375. The minimum Gasteiger partial charge on any atom is -0.493 e. The minimum absolute atomic E-state index is 0.0787. The number of alkyl halides is 3. The Morgan fingerprint density at radius 1 is 1.12 bits per heavy atom. The smallest absolute Gasteiger partial charge is 0.435 e. The lowest BCUT2D eigenvalue weighted by Crippen LogP contribution is -2.28. The van der Waals surface area contributed by atoms with Gasteiger partial charge in [0.1, 0.15) is 0 Å². The average Bonchev–Trinajstić information content (AvgIpc) is 3.09. The molecule has 0 atom stereocenters. The second-order valence-electron chi connectivity index (χ2n) is 5.10. The third-order valence-electron chi connectivity index (χ3n) is 3.51. The number of amides is 1. The van der Waals surface area contributed by atoms with Crippen LogP contribution < -0.4 is 19.5 Å². The van der Waals surface area contributed by atoms with Gasteiger partial charge < -0.3 is 19.5 Å². The van der Waals surface area contributed by atoms with E-state index in [0.29, 0.717) is 5.75 Å². The molecule has 0 aliphatic carbocycles. The van der Waals surface area contributed by atoms with Crippen molar-refractivity contribution >= 4 is 5.91 Å². The summed E-state index contributed by atoms with van der Waals surface area (Å²) in [7, 11) is 4.25. The molecular weight excluding hydrogens is 355 g/mol. The van der Waals surface area contributed by atoms with E-state index in [9.17, 15) is 18.0 Å². The van der Waals surface area contributed by atoms with Crippen molar-refractivity contribution in [3.8, 4) is 17.2 Å². The van der Waals surface area contributed by atoms with E-state index in [1.165, 1.54) is 33.6 Å². The number of carbonyl (C=O) groups is 1. The van der Waals surface area contributed by atoms with E-state index in [2.05, 4.69) is 10.4 Å². The Morgan fingerprint density at radius 3 is 2.35 bits per heavy atom. The minimum atomic E-state index is -4.50. The predicted molar refractivity (Wildman–Crippen MR) is 85.7 cm³/mol. The summed E-state index contributed by atoms with van der Waals surface area (Å²) < 4.78 is 54.2. The van der Waals surface area contributed by atoms with E-state index >= 15 is 0 Å². The van der Waals surface area contributed by atoms with Gasteiger partial charge >= 0.3 is 6.18 Å². The molecule has 2 aromatic rings. The van der Waals surface area contributed by atoms with Crippen molar-refractivity contribution in [2.75, 3.05) is 27.9 Å². The lowest BCUT2D eigenvalue weighted by Gasteiger charge is -2.15. The van der Waals surface area contributed by atoms with Crippen molar-refractivity contribution < 1.29 is 32.2 Å². The molecule has 1 aromatic carbocycles. The first kappa shape index (κ1) is 19.4. The van der Waals surface area contributed by atoms with E-state index in [-0.39, 0.29) is 30.2 Å². The van der Waals surface area contributed by atoms with Crippen molar-refractivity contribution in [2.45, 2.75) is 12.7 Å². The number of carbonyl (C=O) groups excluding carboxylic acids is 1. The number of methoxy groups -OCH3 is 3. The Hall–Kier alpha value is -2.91. The van der Waals surface area contributed by atoms with Gasteiger partial charge in [-0.05, 0) is 18.2 Å². The van der Waals surface area contributed by atoms with E-state index in [0.717, 1.165) is 10.7 Å². The number of hydrogen-bond donors (Lipinski definition) is 1. The van der Waals surface area contributed by atoms with Crippen LogP contribution in [-0.2, 0) is 12.7 Å². The lowest BCUT2D eigenvalue weighted by atomic mass is 10.1. The molecule has 7 nitrogen and oxygen atoms in total. The molecule has 0 fully saturated rings. The molecule has 0 aliphatic heterocycles. The van der Waals surface area contributed by atoms with Crippen molar-refractivity contribution in [3.05, 3.63) is 35.7 Å². The summed E-state index contributed by atoms with van der Waals surface area (Å²) in [4.78, 5) is 12.3. The summed E-state index contributed by atoms with van der Waals surface area (Å²) in [6, 6.07) is 3.93. The van der Waals surface area contributed by atoms with Gasteiger partial charge in [0.25, 0.3) is 5.91 Å². The number of nitrogens with one attached hydrogen (secondary N) is 1. The molecule has 1 heterocycles. The standard InChI is InChI=1S/C16H18F3N3O4/c1-24-11-5-4-10(13(25-2)14(11)26-3)15(23)20-7-9-22-8-6-12(21-22)16(17,18)19/h4-6,8H,7,9H2,1-3H3,(H,20,23). The third-order valence-corrected chi connectivity index (χ3v) is 3.51. The normalized spacial score (nSPS) is 11.2. The molecule has 1 amide bonds. The first-order chi connectivity index (χ1) is 12.3. The highest BCUT2D eigenvalue weighted by Gasteiger charge is 2.33. The van der Waals surface area contributed by atoms with Crippen LogP contribution in [0.4, 0.5) is 13.2 Å². The highest BCUT2D eigenvalue weighted by Crippen LogP contribution is 2.39. The molecule has 0 bridgehead atoms. The zero-order valence-electron chi connectivity index (χ0n) is 14.4. The maximum absolute atomic E-state index is 12.5. The Bertz CT molecular complexity index is 775. The molecule has 142 valence electrons. The molecule has 0 radical (unpaired) electrons. The maximum atomic E-state index is 12.5. The molecule has 0 unspecified atom stereocenters. The van der Waals surface area contributed by atoms with E-state index in [4.69, 9.17) is 14.2 Å². The van der Waals surface area contributed by atoms with Crippen LogP contribution in [0.25, 0.3) is 0 Å². The summed E-state index contributed by atoms with van der Waals surface area (Å²) in [5.74, 6) is 0.399. The molecular formula is C16H18F3N3O4. The fourth-order valence-corrected chi connectivity index (χ4v) is 2.30. The number of halogens is 3. The zero-order chi connectivity index (χ0) is 19.3. The Labute approximate surface area is 147 Å². The zero-order valence-corrected chi connectivity index (χ0v) is 14.4. The van der Waals surface area contributed by atoms with Crippen LogP contribution in [0.2, 0.25) is 0 Å². The van der Waals surface area contributed by atoms with Gasteiger partial charge in [-0.3, -0.25) is 9.48 Å². The molecule has 1 N–H and O–H groups in total. The van der Waals surface area contributed by atoms with Crippen molar-refractivity contribution in [2.24, 2.45) is 0 Å². The van der Waals surface area contributed by atoms with Gasteiger partial charge in [0.2, 0.25) is 5.75 Å². The molecule has 26 heavy (non-hydrogen) atoms. The van der Waals surface area contributed by atoms with Crippen LogP contribution in [0.15, 0.2) is 24.4 Å². The topological polar surface area (TPSA) is 74.6 Å². The van der Waals surface area contributed by atoms with Crippen molar-refractivity contribution in [1.29, 1.82) is 0 Å². The largest absolute Gasteiger partial charge is 0.493 e. The number of rotatable bonds is 7. The van der Waals surface area contributed by atoms with Gasteiger partial charge in [-0.1, -0.05) is 0 Å². The number of hydrogen-bond acceptors (Lipinski definition) is 5. The van der Waals surface area contributed by atoms with Gasteiger partial charge in [0.05, 0.1) is 33.4 Å². The number of ether oxygens (including phenoxy) is 3. The van der Waals surface area contributed by atoms with E-state index in [1.54, 1.807) is 6.07 Å². The summed E-state index contributed by atoms with van der Waals surface area (Å²) in [5, 5.41) is 6.02. The second kappa shape index (κ2) is 7.98. The van der Waals surface area contributed by atoms with E-state index in [1.807, 2.05) is 0 Å². The molecule has 0 saturated carbocycles. The van der Waals surface area contributed by atoms with Gasteiger partial charge in [-0.25, -0.2) is 0 Å². The van der Waals surface area contributed by atoms with Crippen LogP contribution >= 0.6 is 0 Å². The molecule has 0 aliphatic rings. The Balaban J connectivity index is 2.05. The van der Waals surface area contributed by atoms with Crippen molar-refractivity contribution in [1.82, 2.24) is 15.1 Å². The molecule has 10 heteroatoms. The van der Waals surface area contributed by atoms with Crippen LogP contribution in [0.5, 0.6) is 17.2 Å². The Morgan fingerprint density at radius 2 is 1.81 bits per heavy atom. The monoisotopic (exact) mass is 373 g/mol. The average molecular weight is 373 g/mol. The highest BCUT2D eigenvalue weighted by atomic mass is 19.4. The summed E-state index contributed by atoms with van der Waals surface area (Å²) in [5.41, 5.74) is -0.771. The summed E-state index contributed by atoms with van der Waals surface area (Å²) in [6.45, 7) is 0.159. The van der Waals surface area contributed by atoms with Gasteiger partial charge in [0.15, 0.2) is 17.2 Å². The Kier molecular flexibility index (Phi) is 5.96. The first-order valence-corrected chi connectivity index (χ1v) is 7.49. The van der Waals surface area contributed by atoms with Crippen LogP contribution in [0, 0.1) is 0 Å². The molecule has 0 saturated heterocycles. The summed E-state index contributed by atoms with van der Waals surface area (Å²) >= 11 is 0. The molecule has 0 spiro atoms. The number of aromatic nitrogens is 2. The molecule has 2 rings (SSSR count). The number of benzene rings is 1. The first-order valence-electron chi connectivity index (χ1n) is 7.49. The quantitative estimate of drug-likeness (QED) is 0.807. The van der Waals surface area contributed by atoms with Crippen LogP contribution in [0.3, 0.4) is 0 Å². The fourth-order valence-electron chi connectivity index (χ4n) is 2.30.